The van der Waals surface area contributed by atoms with E-state index in [2.05, 4.69) is 10.6 Å². The molecule has 0 aliphatic rings. The van der Waals surface area contributed by atoms with Crippen molar-refractivity contribution < 1.29 is 14.3 Å². The van der Waals surface area contributed by atoms with Gasteiger partial charge in [0.15, 0.2) is 0 Å². The fourth-order valence-electron chi connectivity index (χ4n) is 2.21. The molecule has 2 N–H and O–H groups in total. The second-order valence-electron chi connectivity index (χ2n) is 5.31. The highest BCUT2D eigenvalue weighted by Gasteiger charge is 2.20. The van der Waals surface area contributed by atoms with Gasteiger partial charge in [-0.05, 0) is 17.0 Å². The van der Waals surface area contributed by atoms with E-state index in [-0.39, 0.29) is 18.2 Å². The number of hydrogen-bond acceptors (Lipinski definition) is 4. The third kappa shape index (κ3) is 6.14. The summed E-state index contributed by atoms with van der Waals surface area (Å²) in [6, 6.07) is 13.1. The Bertz CT molecular complexity index is 629. The minimum absolute atomic E-state index is 0.187. The largest absolute Gasteiger partial charge is 0.376 e. The van der Waals surface area contributed by atoms with Crippen LogP contribution in [-0.2, 0) is 27.4 Å². The molecule has 2 aromatic rings. The first-order chi connectivity index (χ1) is 11.7. The molecule has 128 valence electrons. The van der Waals surface area contributed by atoms with Crippen molar-refractivity contribution in [3.8, 4) is 0 Å². The van der Waals surface area contributed by atoms with E-state index in [9.17, 15) is 9.59 Å². The quantitative estimate of drug-likeness (QED) is 0.684. The lowest BCUT2D eigenvalue weighted by Gasteiger charge is -2.16. The van der Waals surface area contributed by atoms with Crippen molar-refractivity contribution >= 4 is 23.2 Å². The zero-order valence-corrected chi connectivity index (χ0v) is 14.5. The van der Waals surface area contributed by atoms with Gasteiger partial charge in [0.05, 0.1) is 13.2 Å². The molecular weight excluding hydrogens is 324 g/mol. The summed E-state index contributed by atoms with van der Waals surface area (Å²) in [5.41, 5.74) is 1.07. The number of carbonyl (C=O) groups is 2. The number of likely N-dealkylation sites (N-methyl/N-ethyl adjacent to an activating group) is 1. The van der Waals surface area contributed by atoms with Gasteiger partial charge in [-0.3, -0.25) is 9.59 Å². The maximum atomic E-state index is 12.0. The monoisotopic (exact) mass is 346 g/mol. The fraction of sp³-hybridized carbons (Fsp3) is 0.333. The van der Waals surface area contributed by atoms with Crippen LogP contribution >= 0.6 is 11.3 Å². The Morgan fingerprint density at radius 1 is 1.17 bits per heavy atom. The number of hydrogen-bond donors (Lipinski definition) is 2. The van der Waals surface area contributed by atoms with Crippen molar-refractivity contribution in [1.29, 1.82) is 0 Å². The van der Waals surface area contributed by atoms with Crippen LogP contribution in [0.2, 0.25) is 0 Å². The Balaban J connectivity index is 1.74. The summed E-state index contributed by atoms with van der Waals surface area (Å²) in [6.07, 6.45) is 0.721. The number of rotatable bonds is 9. The molecule has 5 nitrogen and oxygen atoms in total. The van der Waals surface area contributed by atoms with Gasteiger partial charge in [0, 0.05) is 24.8 Å². The van der Waals surface area contributed by atoms with Crippen LogP contribution in [0.3, 0.4) is 0 Å². The molecule has 1 aromatic heterocycles. The summed E-state index contributed by atoms with van der Waals surface area (Å²) in [5, 5.41) is 7.33. The molecule has 0 saturated carbocycles. The molecule has 2 amide bonds. The van der Waals surface area contributed by atoms with Gasteiger partial charge < -0.3 is 15.4 Å². The van der Waals surface area contributed by atoms with Gasteiger partial charge in [-0.1, -0.05) is 36.4 Å². The minimum atomic E-state index is -0.560. The number of ether oxygens (including phenoxy) is 1. The van der Waals surface area contributed by atoms with Crippen molar-refractivity contribution in [2.24, 2.45) is 0 Å². The zero-order valence-electron chi connectivity index (χ0n) is 13.7. The van der Waals surface area contributed by atoms with Crippen LogP contribution < -0.4 is 10.6 Å². The average Bonchev–Trinajstić information content (AvgIpc) is 3.11. The number of benzene rings is 1. The number of nitrogens with one attached hydrogen (secondary N) is 2. The first-order valence-electron chi connectivity index (χ1n) is 7.84. The zero-order chi connectivity index (χ0) is 17.2. The van der Waals surface area contributed by atoms with Crippen molar-refractivity contribution in [3.63, 3.8) is 0 Å². The van der Waals surface area contributed by atoms with E-state index in [0.29, 0.717) is 19.6 Å². The van der Waals surface area contributed by atoms with E-state index >= 15 is 0 Å². The maximum absolute atomic E-state index is 12.0. The normalized spacial score (nSPS) is 11.7. The van der Waals surface area contributed by atoms with Crippen LogP contribution in [0.4, 0.5) is 0 Å². The molecule has 1 atom stereocenters. The lowest BCUT2D eigenvalue weighted by Crippen LogP contribution is -2.47. The molecule has 2 rings (SSSR count). The van der Waals surface area contributed by atoms with E-state index in [0.717, 1.165) is 10.4 Å². The van der Waals surface area contributed by atoms with Crippen LogP contribution in [0.15, 0.2) is 47.8 Å². The SMILES string of the molecule is CNC(=O)[C@@H](Cc1cccs1)NC(=O)CCOCc1ccccc1. The lowest BCUT2D eigenvalue weighted by molar-refractivity contribution is -0.129. The number of thiophene rings is 1. The second kappa shape index (κ2) is 9.85. The van der Waals surface area contributed by atoms with Crippen molar-refractivity contribution in [2.75, 3.05) is 13.7 Å². The van der Waals surface area contributed by atoms with Crippen LogP contribution in [0.5, 0.6) is 0 Å². The second-order valence-corrected chi connectivity index (χ2v) is 6.34. The van der Waals surface area contributed by atoms with Gasteiger partial charge in [-0.2, -0.15) is 0 Å². The maximum Gasteiger partial charge on any atom is 0.242 e. The van der Waals surface area contributed by atoms with Crippen molar-refractivity contribution in [2.45, 2.75) is 25.5 Å². The van der Waals surface area contributed by atoms with Crippen molar-refractivity contribution in [1.82, 2.24) is 10.6 Å². The minimum Gasteiger partial charge on any atom is -0.376 e. The Hall–Kier alpha value is -2.18. The summed E-state index contributed by atoms with van der Waals surface area (Å²) < 4.78 is 5.51. The molecule has 24 heavy (non-hydrogen) atoms. The van der Waals surface area contributed by atoms with E-state index < -0.39 is 6.04 Å². The lowest BCUT2D eigenvalue weighted by atomic mass is 10.1. The summed E-state index contributed by atoms with van der Waals surface area (Å²) in [4.78, 5) is 25.0. The van der Waals surface area contributed by atoms with E-state index in [1.165, 1.54) is 0 Å². The van der Waals surface area contributed by atoms with E-state index in [1.807, 2.05) is 47.8 Å². The molecule has 1 aromatic carbocycles. The summed E-state index contributed by atoms with van der Waals surface area (Å²) >= 11 is 1.57. The molecule has 0 aliphatic carbocycles. The number of amides is 2. The van der Waals surface area contributed by atoms with Gasteiger partial charge in [0.25, 0.3) is 0 Å². The van der Waals surface area contributed by atoms with Gasteiger partial charge in [-0.15, -0.1) is 11.3 Å². The van der Waals surface area contributed by atoms with Crippen LogP contribution in [0.25, 0.3) is 0 Å². The Labute approximate surface area is 146 Å². The van der Waals surface area contributed by atoms with Gasteiger partial charge >= 0.3 is 0 Å². The highest BCUT2D eigenvalue weighted by Crippen LogP contribution is 2.11. The summed E-state index contributed by atoms with van der Waals surface area (Å²) in [5.74, 6) is -0.379. The third-order valence-corrected chi connectivity index (χ3v) is 4.37. The molecule has 0 radical (unpaired) electrons. The molecule has 0 aliphatic heterocycles. The fourth-order valence-corrected chi connectivity index (χ4v) is 2.96. The molecular formula is C18H22N2O3S. The first kappa shape index (κ1) is 18.2. The van der Waals surface area contributed by atoms with Crippen LogP contribution in [-0.4, -0.2) is 31.5 Å². The van der Waals surface area contributed by atoms with E-state index in [1.54, 1.807) is 18.4 Å². The highest BCUT2D eigenvalue weighted by atomic mass is 32.1. The third-order valence-electron chi connectivity index (χ3n) is 3.47. The summed E-state index contributed by atoms with van der Waals surface area (Å²) in [7, 11) is 1.57. The predicted molar refractivity (Wildman–Crippen MR) is 94.7 cm³/mol. The molecule has 0 bridgehead atoms. The Morgan fingerprint density at radius 2 is 1.96 bits per heavy atom. The predicted octanol–water partition coefficient (Wildman–Crippen LogP) is 2.13. The highest BCUT2D eigenvalue weighted by molar-refractivity contribution is 7.09. The molecule has 0 spiro atoms. The van der Waals surface area contributed by atoms with Gasteiger partial charge in [0.2, 0.25) is 11.8 Å². The standard InChI is InChI=1S/C18H22N2O3S/c1-19-18(22)16(12-15-8-5-11-24-15)20-17(21)9-10-23-13-14-6-3-2-4-7-14/h2-8,11,16H,9-10,12-13H2,1H3,(H,19,22)(H,20,21)/t16-/m1/s1. The molecule has 0 unspecified atom stereocenters. The van der Waals surface area contributed by atoms with Crippen LogP contribution in [0.1, 0.15) is 16.9 Å². The molecule has 1 heterocycles. The van der Waals surface area contributed by atoms with Gasteiger partial charge in [0.1, 0.15) is 6.04 Å². The molecule has 6 heteroatoms. The Kier molecular flexibility index (Phi) is 7.45. The number of carbonyl (C=O) groups excluding carboxylic acids is 2. The topological polar surface area (TPSA) is 67.4 Å². The average molecular weight is 346 g/mol. The van der Waals surface area contributed by atoms with E-state index in [4.69, 9.17) is 4.74 Å². The van der Waals surface area contributed by atoms with Gasteiger partial charge in [-0.25, -0.2) is 0 Å². The van der Waals surface area contributed by atoms with Crippen molar-refractivity contribution in [3.05, 3.63) is 58.3 Å². The Morgan fingerprint density at radius 3 is 2.62 bits per heavy atom. The summed E-state index contributed by atoms with van der Waals surface area (Å²) in [6.45, 7) is 0.794. The first-order valence-corrected chi connectivity index (χ1v) is 8.72. The smallest absolute Gasteiger partial charge is 0.242 e. The van der Waals surface area contributed by atoms with Crippen LogP contribution in [0, 0.1) is 0 Å². The molecule has 0 fully saturated rings. The molecule has 0 saturated heterocycles.